The molecule has 0 aliphatic rings. The average Bonchev–Trinajstić information content (AvgIpc) is 2.45. The zero-order valence-electron chi connectivity index (χ0n) is 10.1. The quantitative estimate of drug-likeness (QED) is 0.797. The summed E-state index contributed by atoms with van der Waals surface area (Å²) in [6, 6.07) is 17.3. The Morgan fingerprint density at radius 1 is 1.00 bits per heavy atom. The molecule has 0 aromatic heterocycles. The summed E-state index contributed by atoms with van der Waals surface area (Å²) in [5.74, 6) is 0. The summed E-state index contributed by atoms with van der Waals surface area (Å²) in [6.07, 6.45) is -1.57. The molecule has 0 saturated carbocycles. The fourth-order valence-electron chi connectivity index (χ4n) is 1.87. The molecule has 19 heavy (non-hydrogen) atoms. The lowest BCUT2D eigenvalue weighted by Crippen LogP contribution is -1.93. The van der Waals surface area contributed by atoms with Crippen LogP contribution in [0.4, 0.5) is 8.78 Å². The van der Waals surface area contributed by atoms with Gasteiger partial charge in [-0.05, 0) is 23.3 Å². The Balaban J connectivity index is 2.34. The topological polar surface area (TPSA) is 23.8 Å². The van der Waals surface area contributed by atoms with E-state index >= 15 is 0 Å². The molecular formula is C16H11F2N. The van der Waals surface area contributed by atoms with Gasteiger partial charge in [0.2, 0.25) is 0 Å². The number of halogens is 2. The summed E-state index contributed by atoms with van der Waals surface area (Å²) in [7, 11) is 0. The van der Waals surface area contributed by atoms with E-state index in [2.05, 4.69) is 0 Å². The molecule has 0 N–H and O–H groups in total. The highest BCUT2D eigenvalue weighted by molar-refractivity contribution is 5.68. The molecule has 0 aliphatic heterocycles. The molecule has 0 heterocycles. The van der Waals surface area contributed by atoms with Gasteiger partial charge in [-0.1, -0.05) is 42.5 Å². The molecular weight excluding hydrogens is 244 g/mol. The summed E-state index contributed by atoms with van der Waals surface area (Å²) < 4.78 is 26.1. The van der Waals surface area contributed by atoms with Crippen LogP contribution in [-0.4, -0.2) is 0 Å². The maximum absolute atomic E-state index is 13.1. The lowest BCUT2D eigenvalue weighted by atomic mass is 9.98. The van der Waals surface area contributed by atoms with Crippen molar-refractivity contribution >= 4 is 5.57 Å². The van der Waals surface area contributed by atoms with Crippen LogP contribution in [0, 0.1) is 11.3 Å². The first-order chi connectivity index (χ1) is 9.20. The third-order valence-corrected chi connectivity index (χ3v) is 2.79. The largest absolute Gasteiger partial charge is 0.274 e. The van der Waals surface area contributed by atoms with Crippen molar-refractivity contribution in [3.8, 4) is 6.07 Å². The predicted molar refractivity (Wildman–Crippen MR) is 70.4 cm³/mol. The van der Waals surface area contributed by atoms with Crippen LogP contribution in [0.5, 0.6) is 0 Å². The van der Waals surface area contributed by atoms with Crippen LogP contribution in [0.15, 0.2) is 60.7 Å². The van der Waals surface area contributed by atoms with E-state index in [-0.39, 0.29) is 12.0 Å². The lowest BCUT2D eigenvalue weighted by molar-refractivity contribution is 0.424. The number of allylic oxidation sites excluding steroid dienone is 1. The Bertz CT molecular complexity index is 635. The minimum atomic E-state index is -1.69. The second kappa shape index (κ2) is 5.92. The Hall–Kier alpha value is -2.47. The van der Waals surface area contributed by atoms with Crippen LogP contribution in [-0.2, 0) is 6.42 Å². The van der Waals surface area contributed by atoms with E-state index in [0.717, 1.165) is 0 Å². The van der Waals surface area contributed by atoms with Gasteiger partial charge in [0.1, 0.15) is 0 Å². The summed E-state index contributed by atoms with van der Waals surface area (Å²) in [4.78, 5) is 0. The van der Waals surface area contributed by atoms with Crippen LogP contribution in [0.2, 0.25) is 0 Å². The summed E-state index contributed by atoms with van der Waals surface area (Å²) in [5, 5.41) is 8.81. The number of nitriles is 1. The van der Waals surface area contributed by atoms with E-state index in [0.29, 0.717) is 16.7 Å². The second-order valence-corrected chi connectivity index (χ2v) is 4.09. The van der Waals surface area contributed by atoms with Crippen LogP contribution in [0.3, 0.4) is 0 Å². The molecule has 0 bridgehead atoms. The van der Waals surface area contributed by atoms with Crippen molar-refractivity contribution in [2.24, 2.45) is 0 Å². The van der Waals surface area contributed by atoms with E-state index in [9.17, 15) is 8.78 Å². The van der Waals surface area contributed by atoms with Gasteiger partial charge in [0, 0.05) is 12.0 Å². The monoisotopic (exact) mass is 255 g/mol. The standard InChI is InChI=1S/C16H11F2N/c17-16(18)15(14-7-2-1-3-8-14)10-12-5-4-6-13(9-12)11-19/h1-9H,10H2. The number of nitrogens with zero attached hydrogens (tertiary/aromatic N) is 1. The Labute approximate surface area is 110 Å². The second-order valence-electron chi connectivity index (χ2n) is 4.09. The Kier molecular flexibility index (Phi) is 4.04. The maximum Gasteiger partial charge on any atom is 0.274 e. The molecule has 2 rings (SSSR count). The first-order valence-electron chi connectivity index (χ1n) is 5.79. The van der Waals surface area contributed by atoms with Crippen LogP contribution >= 0.6 is 0 Å². The minimum absolute atomic E-state index is 0.00399. The van der Waals surface area contributed by atoms with Crippen molar-refractivity contribution in [1.29, 1.82) is 5.26 Å². The zero-order valence-corrected chi connectivity index (χ0v) is 10.1. The highest BCUT2D eigenvalue weighted by Gasteiger charge is 2.10. The van der Waals surface area contributed by atoms with Gasteiger partial charge in [-0.2, -0.15) is 14.0 Å². The fourth-order valence-corrected chi connectivity index (χ4v) is 1.87. The van der Waals surface area contributed by atoms with Crippen LogP contribution < -0.4 is 0 Å². The molecule has 0 amide bonds. The number of hydrogen-bond acceptors (Lipinski definition) is 1. The predicted octanol–water partition coefficient (Wildman–Crippen LogP) is 4.41. The van der Waals surface area contributed by atoms with Gasteiger partial charge in [0.05, 0.1) is 11.6 Å². The number of benzene rings is 2. The number of hydrogen-bond donors (Lipinski definition) is 0. The number of rotatable bonds is 3. The lowest BCUT2D eigenvalue weighted by Gasteiger charge is -2.07. The van der Waals surface area contributed by atoms with Gasteiger partial charge >= 0.3 is 0 Å². The van der Waals surface area contributed by atoms with Crippen molar-refractivity contribution < 1.29 is 8.78 Å². The highest BCUT2D eigenvalue weighted by Crippen LogP contribution is 2.25. The molecule has 94 valence electrons. The van der Waals surface area contributed by atoms with Gasteiger partial charge in [-0.15, -0.1) is 0 Å². The normalized spacial score (nSPS) is 9.74. The molecule has 0 saturated heterocycles. The third-order valence-electron chi connectivity index (χ3n) is 2.79. The molecule has 0 radical (unpaired) electrons. The Morgan fingerprint density at radius 3 is 2.37 bits per heavy atom. The summed E-state index contributed by atoms with van der Waals surface area (Å²) in [5.41, 5.74) is 1.68. The Morgan fingerprint density at radius 2 is 1.74 bits per heavy atom. The van der Waals surface area contributed by atoms with E-state index < -0.39 is 6.08 Å². The van der Waals surface area contributed by atoms with Crippen molar-refractivity contribution in [3.63, 3.8) is 0 Å². The fraction of sp³-hybridized carbons (Fsp3) is 0.0625. The van der Waals surface area contributed by atoms with E-state index in [1.807, 2.05) is 6.07 Å². The minimum Gasteiger partial charge on any atom is -0.192 e. The molecule has 0 unspecified atom stereocenters. The molecule has 3 heteroatoms. The average molecular weight is 255 g/mol. The highest BCUT2D eigenvalue weighted by atomic mass is 19.3. The SMILES string of the molecule is N#Cc1cccc(CC(=C(F)F)c2ccccc2)c1. The van der Waals surface area contributed by atoms with E-state index in [1.165, 1.54) is 0 Å². The van der Waals surface area contributed by atoms with E-state index in [1.54, 1.807) is 54.6 Å². The molecule has 2 aromatic rings. The molecule has 0 atom stereocenters. The maximum atomic E-state index is 13.1. The summed E-state index contributed by atoms with van der Waals surface area (Å²) >= 11 is 0. The summed E-state index contributed by atoms with van der Waals surface area (Å²) in [6.45, 7) is 0. The van der Waals surface area contributed by atoms with Gasteiger partial charge in [0.25, 0.3) is 6.08 Å². The first-order valence-corrected chi connectivity index (χ1v) is 5.79. The van der Waals surface area contributed by atoms with Gasteiger partial charge in [0.15, 0.2) is 0 Å². The van der Waals surface area contributed by atoms with E-state index in [4.69, 9.17) is 5.26 Å². The van der Waals surface area contributed by atoms with Crippen molar-refractivity contribution in [2.45, 2.75) is 6.42 Å². The molecule has 0 aliphatic carbocycles. The smallest absolute Gasteiger partial charge is 0.192 e. The van der Waals surface area contributed by atoms with Gasteiger partial charge in [-0.25, -0.2) is 0 Å². The van der Waals surface area contributed by atoms with Crippen LogP contribution in [0.1, 0.15) is 16.7 Å². The van der Waals surface area contributed by atoms with Crippen molar-refractivity contribution in [1.82, 2.24) is 0 Å². The van der Waals surface area contributed by atoms with Gasteiger partial charge in [-0.3, -0.25) is 0 Å². The molecule has 2 aromatic carbocycles. The first kappa shape index (κ1) is 13.0. The molecule has 0 fully saturated rings. The van der Waals surface area contributed by atoms with Crippen molar-refractivity contribution in [2.75, 3.05) is 0 Å². The third kappa shape index (κ3) is 3.26. The zero-order chi connectivity index (χ0) is 13.7. The van der Waals surface area contributed by atoms with Crippen LogP contribution in [0.25, 0.3) is 5.57 Å². The molecule has 0 spiro atoms. The molecule has 1 nitrogen and oxygen atoms in total. The van der Waals surface area contributed by atoms with Gasteiger partial charge < -0.3 is 0 Å². The van der Waals surface area contributed by atoms with Crippen molar-refractivity contribution in [3.05, 3.63) is 77.4 Å².